The summed E-state index contributed by atoms with van der Waals surface area (Å²) in [6.45, 7) is 2.44. The summed E-state index contributed by atoms with van der Waals surface area (Å²) in [6, 6.07) is 9.69. The minimum Gasteiger partial charge on any atom is -0.381 e. The molecule has 6 heteroatoms. The van der Waals surface area contributed by atoms with Crippen LogP contribution in [0.15, 0.2) is 30.3 Å². The van der Waals surface area contributed by atoms with E-state index in [1.165, 1.54) is 0 Å². The normalized spacial score (nSPS) is 17.2. The number of hydrogen-bond donors (Lipinski definition) is 1. The lowest BCUT2D eigenvalue weighted by Gasteiger charge is -2.29. The van der Waals surface area contributed by atoms with Gasteiger partial charge in [0.1, 0.15) is 0 Å². The molecule has 0 unspecified atom stereocenters. The van der Waals surface area contributed by atoms with E-state index in [-0.39, 0.29) is 5.25 Å². The minimum atomic E-state index is -3.30. The number of benzene rings is 1. The van der Waals surface area contributed by atoms with Gasteiger partial charge in [0.15, 0.2) is 0 Å². The van der Waals surface area contributed by atoms with Crippen molar-refractivity contribution >= 4 is 10.0 Å². The maximum absolute atomic E-state index is 12.8. The van der Waals surface area contributed by atoms with Crippen molar-refractivity contribution in [1.29, 1.82) is 0 Å². The average molecular weight is 312 g/mol. The van der Waals surface area contributed by atoms with Crippen molar-refractivity contribution in [2.24, 2.45) is 5.73 Å². The highest BCUT2D eigenvalue weighted by Gasteiger charge is 2.33. The fourth-order valence-electron chi connectivity index (χ4n) is 2.54. The van der Waals surface area contributed by atoms with Gasteiger partial charge < -0.3 is 10.5 Å². The number of ether oxygens (including phenoxy) is 1. The van der Waals surface area contributed by atoms with Gasteiger partial charge in [0, 0.05) is 26.3 Å². The van der Waals surface area contributed by atoms with E-state index >= 15 is 0 Å². The van der Waals surface area contributed by atoms with Gasteiger partial charge in [0.25, 0.3) is 0 Å². The Balaban J connectivity index is 2.13. The SMILES string of the molecule is NCCCN(Cc1ccccc1)S(=O)(=O)C1CCOCC1. The van der Waals surface area contributed by atoms with Crippen LogP contribution >= 0.6 is 0 Å². The molecule has 0 aromatic heterocycles. The van der Waals surface area contributed by atoms with Crippen LogP contribution in [0, 0.1) is 0 Å². The second-order valence-electron chi connectivity index (χ2n) is 5.32. The molecule has 1 heterocycles. The fourth-order valence-corrected chi connectivity index (χ4v) is 4.46. The highest BCUT2D eigenvalue weighted by molar-refractivity contribution is 7.89. The number of nitrogens with two attached hydrogens (primary N) is 1. The smallest absolute Gasteiger partial charge is 0.217 e. The first-order chi connectivity index (χ1) is 10.1. The van der Waals surface area contributed by atoms with Crippen molar-refractivity contribution in [1.82, 2.24) is 4.31 Å². The number of rotatable bonds is 7. The largest absolute Gasteiger partial charge is 0.381 e. The Morgan fingerprint density at radius 1 is 1.19 bits per heavy atom. The molecule has 0 bridgehead atoms. The minimum absolute atomic E-state index is 0.326. The molecule has 1 fully saturated rings. The first-order valence-electron chi connectivity index (χ1n) is 7.45. The third-order valence-electron chi connectivity index (χ3n) is 3.76. The molecule has 0 amide bonds. The predicted octanol–water partition coefficient (Wildman–Crippen LogP) is 1.35. The van der Waals surface area contributed by atoms with Gasteiger partial charge in [-0.05, 0) is 31.4 Å². The third kappa shape index (κ3) is 4.51. The molecule has 1 aliphatic rings. The van der Waals surface area contributed by atoms with Gasteiger partial charge in [-0.2, -0.15) is 4.31 Å². The molecular formula is C15H24N2O3S. The molecule has 0 radical (unpaired) electrons. The molecule has 1 saturated heterocycles. The second kappa shape index (κ2) is 7.89. The van der Waals surface area contributed by atoms with E-state index < -0.39 is 10.0 Å². The Kier molecular flexibility index (Phi) is 6.17. The number of nitrogens with zero attached hydrogens (tertiary/aromatic N) is 1. The van der Waals surface area contributed by atoms with Crippen molar-refractivity contribution in [2.45, 2.75) is 31.1 Å². The lowest BCUT2D eigenvalue weighted by molar-refractivity contribution is 0.0971. The molecule has 1 aromatic carbocycles. The molecule has 1 aromatic rings. The van der Waals surface area contributed by atoms with Crippen molar-refractivity contribution in [3.63, 3.8) is 0 Å². The lowest BCUT2D eigenvalue weighted by Crippen LogP contribution is -2.41. The van der Waals surface area contributed by atoms with Gasteiger partial charge in [0.2, 0.25) is 10.0 Å². The topological polar surface area (TPSA) is 72.6 Å². The summed E-state index contributed by atoms with van der Waals surface area (Å²) >= 11 is 0. The zero-order chi connectivity index (χ0) is 15.1. The van der Waals surface area contributed by atoms with Gasteiger partial charge in [-0.25, -0.2) is 8.42 Å². The van der Waals surface area contributed by atoms with Crippen molar-refractivity contribution < 1.29 is 13.2 Å². The molecule has 0 spiro atoms. The van der Waals surface area contributed by atoms with Crippen molar-refractivity contribution in [3.8, 4) is 0 Å². The Hall–Kier alpha value is -0.950. The summed E-state index contributed by atoms with van der Waals surface area (Å²) in [6.07, 6.45) is 1.84. The van der Waals surface area contributed by atoms with Gasteiger partial charge >= 0.3 is 0 Å². The Morgan fingerprint density at radius 3 is 2.48 bits per heavy atom. The molecule has 118 valence electrons. The number of hydrogen-bond acceptors (Lipinski definition) is 4. The van der Waals surface area contributed by atoms with Crippen molar-refractivity contribution in [2.75, 3.05) is 26.3 Å². The summed E-state index contributed by atoms with van der Waals surface area (Å²) in [7, 11) is -3.30. The second-order valence-corrected chi connectivity index (χ2v) is 7.53. The van der Waals surface area contributed by atoms with Crippen LogP contribution in [0.3, 0.4) is 0 Å². The molecule has 1 aliphatic heterocycles. The lowest BCUT2D eigenvalue weighted by atomic mass is 10.2. The summed E-state index contributed by atoms with van der Waals surface area (Å²) in [4.78, 5) is 0. The molecule has 2 rings (SSSR count). The monoisotopic (exact) mass is 312 g/mol. The molecule has 0 saturated carbocycles. The van der Waals surface area contributed by atoms with Crippen LogP contribution in [0.1, 0.15) is 24.8 Å². The maximum Gasteiger partial charge on any atom is 0.217 e. The molecule has 0 atom stereocenters. The van der Waals surface area contributed by atoms with E-state index in [0.717, 1.165) is 5.56 Å². The van der Waals surface area contributed by atoms with Crippen LogP contribution in [0.25, 0.3) is 0 Å². The first-order valence-corrected chi connectivity index (χ1v) is 8.95. The molecule has 0 aliphatic carbocycles. The van der Waals surface area contributed by atoms with E-state index in [4.69, 9.17) is 10.5 Å². The summed E-state index contributed by atoms with van der Waals surface area (Å²) in [5, 5.41) is -0.326. The van der Waals surface area contributed by atoms with Crippen LogP contribution in [0.5, 0.6) is 0 Å². The van der Waals surface area contributed by atoms with Crippen LogP contribution < -0.4 is 5.73 Å². The third-order valence-corrected chi connectivity index (χ3v) is 6.11. The predicted molar refractivity (Wildman–Crippen MR) is 83.3 cm³/mol. The zero-order valence-corrected chi connectivity index (χ0v) is 13.1. The van der Waals surface area contributed by atoms with E-state index in [1.807, 2.05) is 30.3 Å². The molecule has 5 nitrogen and oxygen atoms in total. The van der Waals surface area contributed by atoms with Gasteiger partial charge in [-0.1, -0.05) is 30.3 Å². The van der Waals surface area contributed by atoms with E-state index in [9.17, 15) is 8.42 Å². The van der Waals surface area contributed by atoms with Crippen LogP contribution in [0.2, 0.25) is 0 Å². The zero-order valence-electron chi connectivity index (χ0n) is 12.3. The fraction of sp³-hybridized carbons (Fsp3) is 0.600. The summed E-state index contributed by atoms with van der Waals surface area (Å²) in [5.74, 6) is 0. The van der Waals surface area contributed by atoms with E-state index in [2.05, 4.69) is 0 Å². The van der Waals surface area contributed by atoms with Crippen LogP contribution in [-0.2, 0) is 21.3 Å². The Bertz CT molecular complexity index is 513. The summed E-state index contributed by atoms with van der Waals surface area (Å²) < 4.78 is 32.5. The Morgan fingerprint density at radius 2 is 1.86 bits per heavy atom. The first kappa shape index (κ1) is 16.4. The van der Waals surface area contributed by atoms with Crippen LogP contribution in [-0.4, -0.2) is 44.3 Å². The highest BCUT2D eigenvalue weighted by atomic mass is 32.2. The van der Waals surface area contributed by atoms with Gasteiger partial charge in [-0.3, -0.25) is 0 Å². The van der Waals surface area contributed by atoms with E-state index in [1.54, 1.807) is 4.31 Å². The van der Waals surface area contributed by atoms with Gasteiger partial charge in [-0.15, -0.1) is 0 Å². The number of sulfonamides is 1. The molecule has 21 heavy (non-hydrogen) atoms. The van der Waals surface area contributed by atoms with Crippen LogP contribution in [0.4, 0.5) is 0 Å². The van der Waals surface area contributed by atoms with Gasteiger partial charge in [0.05, 0.1) is 5.25 Å². The standard InChI is InChI=1S/C15H24N2O3S/c16-9-4-10-17(13-14-5-2-1-3-6-14)21(18,19)15-7-11-20-12-8-15/h1-3,5-6,15H,4,7-13,16H2. The van der Waals surface area contributed by atoms with E-state index in [0.29, 0.717) is 52.1 Å². The molecular weight excluding hydrogens is 288 g/mol. The Labute approximate surface area is 127 Å². The highest BCUT2D eigenvalue weighted by Crippen LogP contribution is 2.21. The quantitative estimate of drug-likeness (QED) is 0.825. The summed E-state index contributed by atoms with van der Waals surface area (Å²) in [5.41, 5.74) is 6.56. The van der Waals surface area contributed by atoms with Crippen molar-refractivity contribution in [3.05, 3.63) is 35.9 Å². The average Bonchev–Trinajstić information content (AvgIpc) is 2.53. The molecule has 2 N–H and O–H groups in total. The maximum atomic E-state index is 12.8.